The van der Waals surface area contributed by atoms with Gasteiger partial charge in [-0.05, 0) is 0 Å². The van der Waals surface area contributed by atoms with Crippen LogP contribution in [-0.4, -0.2) is 28.1 Å². The predicted octanol–water partition coefficient (Wildman–Crippen LogP) is 1.56. The molecule has 7 nitrogen and oxygen atoms in total. The number of halogens is 2. The van der Waals surface area contributed by atoms with Gasteiger partial charge in [0.15, 0.2) is 0 Å². The van der Waals surface area contributed by atoms with E-state index in [4.69, 9.17) is 5.11 Å². The highest BCUT2D eigenvalue weighted by Crippen LogP contribution is 2.31. The van der Waals surface area contributed by atoms with Crippen molar-refractivity contribution in [1.29, 1.82) is 0 Å². The molecule has 0 aliphatic heterocycles. The van der Waals surface area contributed by atoms with E-state index in [2.05, 4.69) is 9.72 Å². The number of hydrogen-bond donors (Lipinski definition) is 1. The number of hydrogen-bond acceptors (Lipinski definition) is 5. The van der Waals surface area contributed by atoms with E-state index >= 15 is 0 Å². The second-order valence-corrected chi connectivity index (χ2v) is 3.18. The minimum atomic E-state index is -3.02. The Labute approximate surface area is 99.2 Å². The van der Waals surface area contributed by atoms with Crippen molar-refractivity contribution in [2.45, 2.75) is 12.8 Å². The highest BCUT2D eigenvalue weighted by Gasteiger charge is 2.26. The number of ether oxygens (including phenoxy) is 1. The first-order valence-electron chi connectivity index (χ1n) is 4.59. The summed E-state index contributed by atoms with van der Waals surface area (Å²) in [5.74, 6) is -1.84. The SMILES string of the molecule is COc1nc(C(F)F)cc([N+](=O)[O-])c1CC(=O)O. The largest absolute Gasteiger partial charge is 0.481 e. The number of aliphatic carboxylic acids is 1. The summed E-state index contributed by atoms with van der Waals surface area (Å²) in [7, 11) is 1.06. The molecule has 9 heteroatoms. The number of nitro groups is 1. The lowest BCUT2D eigenvalue weighted by Crippen LogP contribution is -2.09. The van der Waals surface area contributed by atoms with Gasteiger partial charge in [0.1, 0.15) is 11.3 Å². The van der Waals surface area contributed by atoms with E-state index in [1.807, 2.05) is 0 Å². The maximum Gasteiger partial charge on any atom is 0.308 e. The topological polar surface area (TPSA) is 103 Å². The van der Waals surface area contributed by atoms with Gasteiger partial charge in [-0.25, -0.2) is 13.8 Å². The fourth-order valence-electron chi connectivity index (χ4n) is 1.31. The summed E-state index contributed by atoms with van der Waals surface area (Å²) in [6.07, 6.45) is -3.76. The number of methoxy groups -OCH3 is 1. The molecule has 0 aliphatic carbocycles. The van der Waals surface area contributed by atoms with E-state index in [-0.39, 0.29) is 5.56 Å². The van der Waals surface area contributed by atoms with Crippen molar-refractivity contribution in [3.05, 3.63) is 27.4 Å². The summed E-state index contributed by atoms with van der Waals surface area (Å²) in [5.41, 5.74) is -1.94. The van der Waals surface area contributed by atoms with Gasteiger partial charge in [-0.1, -0.05) is 0 Å². The smallest absolute Gasteiger partial charge is 0.308 e. The van der Waals surface area contributed by atoms with Crippen molar-refractivity contribution >= 4 is 11.7 Å². The number of pyridine rings is 1. The molecule has 18 heavy (non-hydrogen) atoms. The summed E-state index contributed by atoms with van der Waals surface area (Å²) in [6.45, 7) is 0. The molecule has 1 heterocycles. The molecule has 0 amide bonds. The third-order valence-electron chi connectivity index (χ3n) is 2.02. The molecule has 0 spiro atoms. The molecular formula is C9H8F2N2O5. The highest BCUT2D eigenvalue weighted by molar-refractivity contribution is 5.73. The molecule has 0 fully saturated rings. The van der Waals surface area contributed by atoms with Crippen LogP contribution in [0.1, 0.15) is 17.7 Å². The van der Waals surface area contributed by atoms with Gasteiger partial charge in [0.25, 0.3) is 12.1 Å². The van der Waals surface area contributed by atoms with Crippen molar-refractivity contribution in [1.82, 2.24) is 4.98 Å². The number of carboxylic acids is 1. The van der Waals surface area contributed by atoms with Crippen LogP contribution in [0.3, 0.4) is 0 Å². The maximum atomic E-state index is 12.5. The van der Waals surface area contributed by atoms with Crippen molar-refractivity contribution in [2.75, 3.05) is 7.11 Å². The average Bonchev–Trinajstić information content (AvgIpc) is 2.27. The van der Waals surface area contributed by atoms with E-state index in [9.17, 15) is 23.7 Å². The first-order chi connectivity index (χ1) is 8.36. The zero-order valence-corrected chi connectivity index (χ0v) is 9.09. The van der Waals surface area contributed by atoms with Crippen LogP contribution in [0, 0.1) is 10.1 Å². The minimum Gasteiger partial charge on any atom is -0.481 e. The van der Waals surface area contributed by atoms with Gasteiger partial charge in [-0.3, -0.25) is 14.9 Å². The lowest BCUT2D eigenvalue weighted by atomic mass is 10.1. The van der Waals surface area contributed by atoms with E-state index in [0.29, 0.717) is 6.07 Å². The molecule has 0 aliphatic rings. The summed E-state index contributed by atoms with van der Waals surface area (Å²) in [5, 5.41) is 19.3. The van der Waals surface area contributed by atoms with Crippen LogP contribution in [0.2, 0.25) is 0 Å². The first kappa shape index (κ1) is 13.7. The van der Waals surface area contributed by atoms with Gasteiger partial charge in [-0.2, -0.15) is 0 Å². The Hall–Kier alpha value is -2.32. The van der Waals surface area contributed by atoms with E-state index in [0.717, 1.165) is 7.11 Å². The van der Waals surface area contributed by atoms with Gasteiger partial charge in [-0.15, -0.1) is 0 Å². The standard InChI is InChI=1S/C9H8F2N2O5/c1-18-9-4(2-7(14)15)6(13(16)17)3-5(12-9)8(10)11/h3,8H,2H2,1H3,(H,14,15). The zero-order valence-electron chi connectivity index (χ0n) is 9.09. The molecule has 98 valence electrons. The van der Waals surface area contributed by atoms with Crippen LogP contribution in [-0.2, 0) is 11.2 Å². The van der Waals surface area contributed by atoms with Crippen molar-refractivity contribution in [3.63, 3.8) is 0 Å². The molecule has 1 rings (SSSR count). The Kier molecular flexibility index (Phi) is 4.08. The molecule has 0 saturated carbocycles. The van der Waals surface area contributed by atoms with E-state index in [1.54, 1.807) is 0 Å². The Balaban J connectivity index is 3.45. The van der Waals surface area contributed by atoms with E-state index < -0.39 is 41.0 Å². The molecule has 1 N–H and O–H groups in total. The summed E-state index contributed by atoms with van der Waals surface area (Å²) < 4.78 is 29.5. The molecule has 0 atom stereocenters. The highest BCUT2D eigenvalue weighted by atomic mass is 19.3. The number of carbonyl (C=O) groups is 1. The fourth-order valence-corrected chi connectivity index (χ4v) is 1.31. The third kappa shape index (κ3) is 2.87. The number of nitrogens with zero attached hydrogens (tertiary/aromatic N) is 2. The number of alkyl halides is 2. The maximum absolute atomic E-state index is 12.5. The number of rotatable bonds is 5. The average molecular weight is 262 g/mol. The lowest BCUT2D eigenvalue weighted by Gasteiger charge is -2.08. The second kappa shape index (κ2) is 5.34. The van der Waals surface area contributed by atoms with Crippen molar-refractivity contribution in [3.8, 4) is 5.88 Å². The quantitative estimate of drug-likeness (QED) is 0.638. The van der Waals surface area contributed by atoms with Crippen LogP contribution in [0.15, 0.2) is 6.07 Å². The zero-order chi connectivity index (χ0) is 13.9. The van der Waals surface area contributed by atoms with Crippen molar-refractivity contribution in [2.24, 2.45) is 0 Å². The molecule has 0 saturated heterocycles. The number of carboxylic acid groups (broad SMARTS) is 1. The Bertz CT molecular complexity index is 492. The van der Waals surface area contributed by atoms with Gasteiger partial charge in [0.2, 0.25) is 5.88 Å². The van der Waals surface area contributed by atoms with Gasteiger partial charge < -0.3 is 9.84 Å². The second-order valence-electron chi connectivity index (χ2n) is 3.18. The van der Waals surface area contributed by atoms with Gasteiger partial charge in [0, 0.05) is 6.07 Å². The van der Waals surface area contributed by atoms with Crippen LogP contribution in [0.4, 0.5) is 14.5 Å². The van der Waals surface area contributed by atoms with Crippen LogP contribution in [0.25, 0.3) is 0 Å². The Morgan fingerprint density at radius 1 is 1.67 bits per heavy atom. The monoisotopic (exact) mass is 262 g/mol. The van der Waals surface area contributed by atoms with Crippen LogP contribution < -0.4 is 4.74 Å². The molecule has 0 radical (unpaired) electrons. The molecule has 1 aromatic heterocycles. The van der Waals surface area contributed by atoms with Gasteiger partial charge >= 0.3 is 5.97 Å². The normalized spacial score (nSPS) is 10.4. The molecule has 1 aromatic rings. The summed E-state index contributed by atoms with van der Waals surface area (Å²) in [4.78, 5) is 23.7. The van der Waals surface area contributed by atoms with Crippen molar-refractivity contribution < 1.29 is 28.3 Å². The third-order valence-corrected chi connectivity index (χ3v) is 2.02. The van der Waals surface area contributed by atoms with Crippen LogP contribution in [0.5, 0.6) is 5.88 Å². The molecule has 0 aromatic carbocycles. The number of aromatic nitrogens is 1. The molecule has 0 bridgehead atoms. The Morgan fingerprint density at radius 2 is 2.28 bits per heavy atom. The summed E-state index contributed by atoms with van der Waals surface area (Å²) in [6, 6.07) is 0.547. The minimum absolute atomic E-state index is 0.348. The Morgan fingerprint density at radius 3 is 2.67 bits per heavy atom. The van der Waals surface area contributed by atoms with Gasteiger partial charge in [0.05, 0.1) is 18.5 Å². The predicted molar refractivity (Wildman–Crippen MR) is 53.7 cm³/mol. The van der Waals surface area contributed by atoms with E-state index in [1.165, 1.54) is 0 Å². The molecular weight excluding hydrogens is 254 g/mol. The molecule has 0 unspecified atom stereocenters. The van der Waals surface area contributed by atoms with Crippen LogP contribution >= 0.6 is 0 Å². The lowest BCUT2D eigenvalue weighted by molar-refractivity contribution is -0.385. The summed E-state index contributed by atoms with van der Waals surface area (Å²) >= 11 is 0. The first-order valence-corrected chi connectivity index (χ1v) is 4.59. The fraction of sp³-hybridized carbons (Fsp3) is 0.333.